The molecule has 4 aromatic rings. The summed E-state index contributed by atoms with van der Waals surface area (Å²) in [7, 11) is 0. The average molecular weight is 479 g/mol. The van der Waals surface area contributed by atoms with Crippen LogP contribution in [0, 0.1) is 5.92 Å². The number of rotatable bonds is 10. The second kappa shape index (κ2) is 10.8. The molecule has 0 saturated heterocycles. The monoisotopic (exact) mass is 478 g/mol. The molecule has 4 rings (SSSR count). The highest BCUT2D eigenvalue weighted by molar-refractivity contribution is 6.30. The van der Waals surface area contributed by atoms with Crippen LogP contribution < -0.4 is 5.69 Å². The van der Waals surface area contributed by atoms with Gasteiger partial charge < -0.3 is 0 Å². The van der Waals surface area contributed by atoms with E-state index in [-0.39, 0.29) is 5.69 Å². The van der Waals surface area contributed by atoms with Crippen LogP contribution in [-0.2, 0) is 19.5 Å². The molecule has 7 nitrogen and oxygen atoms in total. The quantitative estimate of drug-likeness (QED) is 0.322. The lowest BCUT2D eigenvalue weighted by molar-refractivity contribution is 0.563. The molecule has 2 aromatic carbocycles. The Morgan fingerprint density at radius 2 is 1.76 bits per heavy atom. The number of aromatic nitrogens is 6. The van der Waals surface area contributed by atoms with Crippen molar-refractivity contribution in [1.82, 2.24) is 29.8 Å². The number of nitrogens with one attached hydrogen (secondary N) is 1. The Labute approximate surface area is 204 Å². The van der Waals surface area contributed by atoms with Crippen molar-refractivity contribution < 1.29 is 0 Å². The third kappa shape index (κ3) is 5.14. The summed E-state index contributed by atoms with van der Waals surface area (Å²) < 4.78 is 3.58. The molecule has 0 saturated carbocycles. The van der Waals surface area contributed by atoms with Crippen LogP contribution in [-0.4, -0.2) is 29.8 Å². The topological polar surface area (TPSA) is 81.4 Å². The van der Waals surface area contributed by atoms with Crippen molar-refractivity contribution >= 4 is 11.6 Å². The largest absolute Gasteiger partial charge is 0.329 e. The number of hydrogen-bond donors (Lipinski definition) is 1. The Hall–Kier alpha value is -3.19. The van der Waals surface area contributed by atoms with Crippen LogP contribution in [0.2, 0.25) is 5.15 Å². The van der Waals surface area contributed by atoms with Gasteiger partial charge in [0.25, 0.3) is 0 Å². The normalized spacial score (nSPS) is 11.4. The molecule has 0 bridgehead atoms. The molecular weight excluding hydrogens is 448 g/mol. The lowest BCUT2D eigenvalue weighted by atomic mass is 9.98. The van der Waals surface area contributed by atoms with Crippen molar-refractivity contribution in [3.8, 4) is 22.5 Å². The molecule has 0 unspecified atom stereocenters. The van der Waals surface area contributed by atoms with Crippen LogP contribution in [0.5, 0.6) is 0 Å². The fourth-order valence-corrected chi connectivity index (χ4v) is 4.48. The zero-order chi connectivity index (χ0) is 24.1. The molecule has 0 radical (unpaired) electrons. The highest BCUT2D eigenvalue weighted by Crippen LogP contribution is 2.30. The van der Waals surface area contributed by atoms with Gasteiger partial charge in [0.1, 0.15) is 5.15 Å². The van der Waals surface area contributed by atoms with Crippen LogP contribution in [0.3, 0.4) is 0 Å². The zero-order valence-electron chi connectivity index (χ0n) is 20.0. The second-order valence-electron chi connectivity index (χ2n) is 9.02. The van der Waals surface area contributed by atoms with Gasteiger partial charge in [-0.2, -0.15) is 5.21 Å². The molecule has 0 amide bonds. The maximum atomic E-state index is 13.2. The summed E-state index contributed by atoms with van der Waals surface area (Å²) in [6.45, 7) is 7.65. The highest BCUT2D eigenvalue weighted by atomic mass is 35.5. The van der Waals surface area contributed by atoms with E-state index in [4.69, 9.17) is 11.6 Å². The Morgan fingerprint density at radius 1 is 1.03 bits per heavy atom. The Kier molecular flexibility index (Phi) is 7.63. The number of benzene rings is 2. The number of halogens is 1. The molecule has 0 spiro atoms. The van der Waals surface area contributed by atoms with Gasteiger partial charge in [0.15, 0.2) is 0 Å². The lowest BCUT2D eigenvalue weighted by Crippen LogP contribution is -2.26. The Balaban J connectivity index is 1.64. The number of tetrazole rings is 1. The summed E-state index contributed by atoms with van der Waals surface area (Å²) in [6.07, 6.45) is 3.73. The van der Waals surface area contributed by atoms with E-state index in [2.05, 4.69) is 65.7 Å². The van der Waals surface area contributed by atoms with Gasteiger partial charge >= 0.3 is 5.69 Å². The zero-order valence-corrected chi connectivity index (χ0v) is 20.7. The first-order chi connectivity index (χ1) is 16.5. The van der Waals surface area contributed by atoms with Crippen molar-refractivity contribution in [2.75, 3.05) is 0 Å². The van der Waals surface area contributed by atoms with Gasteiger partial charge in [-0.15, -0.1) is 10.2 Å². The average Bonchev–Trinajstić information content (AvgIpc) is 3.45. The summed E-state index contributed by atoms with van der Waals surface area (Å²) in [6, 6.07) is 16.3. The second-order valence-corrected chi connectivity index (χ2v) is 9.38. The van der Waals surface area contributed by atoms with E-state index >= 15 is 0 Å². The maximum Gasteiger partial charge on any atom is 0.329 e. The van der Waals surface area contributed by atoms with Crippen molar-refractivity contribution in [2.24, 2.45) is 5.92 Å². The number of hydrogen-bond acceptors (Lipinski definition) is 4. The third-order valence-corrected chi connectivity index (χ3v) is 6.50. The first-order valence-corrected chi connectivity index (χ1v) is 12.3. The standard InChI is InChI=1S/C26H31ClN6O/c1-4-5-16-32-24(27)23(15-10-18(2)3)33(26(32)34)17-19-11-13-20(14-12-19)21-8-6-7-9-22(21)25-28-30-31-29-25/h6-9,11-14,18H,4-5,10,15-17H2,1-3H3,(H,28,29,30,31). The number of imidazole rings is 1. The molecule has 0 atom stereocenters. The lowest BCUT2D eigenvalue weighted by Gasteiger charge is -2.11. The smallest absolute Gasteiger partial charge is 0.290 e. The Bertz CT molecular complexity index is 1270. The number of nitrogens with zero attached hydrogens (tertiary/aromatic N) is 5. The maximum absolute atomic E-state index is 13.2. The van der Waals surface area contributed by atoms with Crippen molar-refractivity contribution in [2.45, 2.75) is 59.5 Å². The van der Waals surface area contributed by atoms with E-state index in [1.807, 2.05) is 28.8 Å². The van der Waals surface area contributed by atoms with Crippen LogP contribution in [0.1, 0.15) is 51.3 Å². The van der Waals surface area contributed by atoms with Crippen LogP contribution >= 0.6 is 11.6 Å². The van der Waals surface area contributed by atoms with E-state index in [9.17, 15) is 4.79 Å². The molecular formula is C26H31ClN6O. The molecule has 2 aromatic heterocycles. The van der Waals surface area contributed by atoms with Gasteiger partial charge in [-0.25, -0.2) is 4.79 Å². The molecule has 1 N–H and O–H groups in total. The van der Waals surface area contributed by atoms with Crippen LogP contribution in [0.4, 0.5) is 0 Å². The highest BCUT2D eigenvalue weighted by Gasteiger charge is 2.19. The molecule has 0 aliphatic heterocycles. The van der Waals surface area contributed by atoms with Crippen molar-refractivity contribution in [3.05, 3.63) is 75.4 Å². The van der Waals surface area contributed by atoms with E-state index < -0.39 is 0 Å². The number of unbranched alkanes of at least 4 members (excludes halogenated alkanes) is 1. The minimum absolute atomic E-state index is 0.0243. The minimum Gasteiger partial charge on any atom is -0.290 e. The van der Waals surface area contributed by atoms with Gasteiger partial charge in [0.2, 0.25) is 5.82 Å². The van der Waals surface area contributed by atoms with Gasteiger partial charge in [-0.05, 0) is 47.1 Å². The van der Waals surface area contributed by atoms with Gasteiger partial charge in [0.05, 0.1) is 12.2 Å². The minimum atomic E-state index is -0.0243. The van der Waals surface area contributed by atoms with E-state index in [1.165, 1.54) is 0 Å². The van der Waals surface area contributed by atoms with Crippen molar-refractivity contribution in [1.29, 1.82) is 0 Å². The summed E-state index contributed by atoms with van der Waals surface area (Å²) in [5.74, 6) is 1.10. The fourth-order valence-electron chi connectivity index (χ4n) is 4.13. The fraction of sp³-hybridized carbons (Fsp3) is 0.385. The summed E-state index contributed by atoms with van der Waals surface area (Å²) >= 11 is 6.71. The SMILES string of the molecule is CCCCn1c(Cl)c(CCC(C)C)n(Cc2ccc(-c3ccccc3-c3nn[nH]n3)cc2)c1=O. The summed E-state index contributed by atoms with van der Waals surface area (Å²) in [5, 5.41) is 15.0. The Morgan fingerprint density at radius 3 is 2.41 bits per heavy atom. The first-order valence-electron chi connectivity index (χ1n) is 11.9. The van der Waals surface area contributed by atoms with Gasteiger partial charge in [0, 0.05) is 12.1 Å². The molecule has 34 heavy (non-hydrogen) atoms. The molecule has 0 fully saturated rings. The predicted octanol–water partition coefficient (Wildman–Crippen LogP) is 5.59. The van der Waals surface area contributed by atoms with Crippen LogP contribution in [0.25, 0.3) is 22.5 Å². The summed E-state index contributed by atoms with van der Waals surface area (Å²) in [4.78, 5) is 13.2. The van der Waals surface area contributed by atoms with E-state index in [1.54, 1.807) is 4.57 Å². The molecule has 2 heterocycles. The molecule has 8 heteroatoms. The molecule has 178 valence electrons. The predicted molar refractivity (Wildman–Crippen MR) is 136 cm³/mol. The van der Waals surface area contributed by atoms with E-state index in [0.717, 1.165) is 53.6 Å². The number of H-pyrrole nitrogens is 1. The van der Waals surface area contributed by atoms with Crippen molar-refractivity contribution in [3.63, 3.8) is 0 Å². The first kappa shape index (κ1) is 24.0. The molecule has 0 aliphatic rings. The van der Waals surface area contributed by atoms with Gasteiger partial charge in [-0.3, -0.25) is 9.13 Å². The van der Waals surface area contributed by atoms with Crippen LogP contribution in [0.15, 0.2) is 53.3 Å². The molecule has 0 aliphatic carbocycles. The van der Waals surface area contributed by atoms with E-state index in [0.29, 0.717) is 30.0 Å². The number of aromatic amines is 1. The summed E-state index contributed by atoms with van der Waals surface area (Å²) in [5.41, 5.74) is 4.95. The third-order valence-electron chi connectivity index (χ3n) is 6.08. The van der Waals surface area contributed by atoms with Gasteiger partial charge in [-0.1, -0.05) is 87.3 Å².